The van der Waals surface area contributed by atoms with Gasteiger partial charge in [0.05, 0.1) is 18.2 Å². The molecule has 0 fully saturated rings. The number of methoxy groups -OCH3 is 1. The molecule has 3 heteroatoms. The minimum atomic E-state index is 0.532. The Balaban J connectivity index is 2.37. The van der Waals surface area contributed by atoms with Gasteiger partial charge in [-0.1, -0.05) is 30.3 Å². The lowest BCUT2D eigenvalue weighted by Crippen LogP contribution is -1.99. The summed E-state index contributed by atoms with van der Waals surface area (Å²) in [5.41, 5.74) is 2.23. The van der Waals surface area contributed by atoms with Crippen molar-refractivity contribution in [2.75, 3.05) is 7.11 Å². The van der Waals surface area contributed by atoms with E-state index in [1.54, 1.807) is 13.4 Å². The topological polar surface area (TPSA) is 27.1 Å². The second-order valence-electron chi connectivity index (χ2n) is 3.03. The number of benzene rings is 1. The van der Waals surface area contributed by atoms with Crippen LogP contribution in [-0.2, 0) is 11.5 Å². The molecule has 1 aromatic heterocycles. The first-order chi connectivity index (χ1) is 6.92. The van der Waals surface area contributed by atoms with E-state index in [9.17, 15) is 0 Å². The first-order valence-corrected chi connectivity index (χ1v) is 4.46. The van der Waals surface area contributed by atoms with Gasteiger partial charge in [0.15, 0.2) is 0 Å². The minimum absolute atomic E-state index is 0.532. The fourth-order valence-electron chi connectivity index (χ4n) is 1.41. The lowest BCUT2D eigenvalue weighted by molar-refractivity contribution is 0.132. The van der Waals surface area contributed by atoms with E-state index in [0.717, 1.165) is 11.3 Å². The smallest absolute Gasteiger partial charge is 0.123 e. The van der Waals surface area contributed by atoms with Crippen LogP contribution in [-0.4, -0.2) is 16.7 Å². The molecule has 0 saturated heterocycles. The van der Waals surface area contributed by atoms with Crippen molar-refractivity contribution in [2.24, 2.45) is 0 Å². The van der Waals surface area contributed by atoms with Gasteiger partial charge in [0.25, 0.3) is 0 Å². The minimum Gasteiger partial charge on any atom is -0.364 e. The number of hydrogen-bond donors (Lipinski definition) is 0. The van der Waals surface area contributed by atoms with Crippen molar-refractivity contribution >= 4 is 0 Å². The van der Waals surface area contributed by atoms with Crippen molar-refractivity contribution in [1.82, 2.24) is 9.55 Å². The van der Waals surface area contributed by atoms with E-state index in [4.69, 9.17) is 4.74 Å². The number of hydrogen-bond acceptors (Lipinski definition) is 2. The number of rotatable bonds is 3. The van der Waals surface area contributed by atoms with Crippen LogP contribution in [0, 0.1) is 0 Å². The maximum Gasteiger partial charge on any atom is 0.123 e. The summed E-state index contributed by atoms with van der Waals surface area (Å²) < 4.78 is 7.04. The standard InChI is InChI=1S/C11H12N2O/c1-14-9-13-8-12-7-11(13)10-5-3-2-4-6-10/h2-8H,9H2,1H3. The second kappa shape index (κ2) is 4.07. The van der Waals surface area contributed by atoms with Gasteiger partial charge in [-0.05, 0) is 5.56 Å². The van der Waals surface area contributed by atoms with Gasteiger partial charge in [-0.2, -0.15) is 0 Å². The molecule has 2 rings (SSSR count). The molecule has 0 spiro atoms. The fourth-order valence-corrected chi connectivity index (χ4v) is 1.41. The third-order valence-corrected chi connectivity index (χ3v) is 2.05. The molecule has 0 bridgehead atoms. The molecular weight excluding hydrogens is 176 g/mol. The maximum atomic E-state index is 5.07. The van der Waals surface area contributed by atoms with Gasteiger partial charge in [0.2, 0.25) is 0 Å². The van der Waals surface area contributed by atoms with Gasteiger partial charge in [-0.3, -0.25) is 0 Å². The SMILES string of the molecule is COCn1cncc1-c1ccccc1. The summed E-state index contributed by atoms with van der Waals surface area (Å²) in [6, 6.07) is 10.1. The normalized spacial score (nSPS) is 10.4. The molecule has 0 aliphatic heterocycles. The molecule has 14 heavy (non-hydrogen) atoms. The molecule has 0 radical (unpaired) electrons. The zero-order chi connectivity index (χ0) is 9.80. The predicted octanol–water partition coefficient (Wildman–Crippen LogP) is 2.15. The van der Waals surface area contributed by atoms with E-state index >= 15 is 0 Å². The van der Waals surface area contributed by atoms with E-state index in [0.29, 0.717) is 6.73 Å². The summed E-state index contributed by atoms with van der Waals surface area (Å²) in [5.74, 6) is 0. The molecular formula is C11H12N2O. The molecule has 0 amide bonds. The van der Waals surface area contributed by atoms with Gasteiger partial charge in [-0.15, -0.1) is 0 Å². The number of aromatic nitrogens is 2. The Bertz CT molecular complexity index is 395. The Morgan fingerprint density at radius 2 is 2.07 bits per heavy atom. The van der Waals surface area contributed by atoms with Gasteiger partial charge in [0.1, 0.15) is 6.73 Å². The summed E-state index contributed by atoms with van der Waals surface area (Å²) in [6.45, 7) is 0.532. The summed E-state index contributed by atoms with van der Waals surface area (Å²) in [5, 5.41) is 0. The first kappa shape index (κ1) is 8.97. The van der Waals surface area contributed by atoms with Crippen molar-refractivity contribution in [1.29, 1.82) is 0 Å². The molecule has 1 aromatic carbocycles. The van der Waals surface area contributed by atoms with Crippen molar-refractivity contribution < 1.29 is 4.74 Å². The van der Waals surface area contributed by atoms with Crippen LogP contribution in [0.25, 0.3) is 11.3 Å². The lowest BCUT2D eigenvalue weighted by atomic mass is 10.2. The first-order valence-electron chi connectivity index (χ1n) is 4.46. The Labute approximate surface area is 83.0 Å². The van der Waals surface area contributed by atoms with E-state index in [1.807, 2.05) is 29.0 Å². The van der Waals surface area contributed by atoms with Gasteiger partial charge in [0, 0.05) is 7.11 Å². The van der Waals surface area contributed by atoms with Crippen molar-refractivity contribution in [3.05, 3.63) is 42.9 Å². The lowest BCUT2D eigenvalue weighted by Gasteiger charge is -2.05. The molecule has 0 N–H and O–H groups in total. The Morgan fingerprint density at radius 1 is 1.29 bits per heavy atom. The fraction of sp³-hybridized carbons (Fsp3) is 0.182. The van der Waals surface area contributed by atoms with Crippen LogP contribution >= 0.6 is 0 Å². The maximum absolute atomic E-state index is 5.07. The second-order valence-corrected chi connectivity index (χ2v) is 3.03. The third kappa shape index (κ3) is 1.67. The van der Waals surface area contributed by atoms with Crippen molar-refractivity contribution in [3.8, 4) is 11.3 Å². The van der Waals surface area contributed by atoms with Crippen molar-refractivity contribution in [3.63, 3.8) is 0 Å². The Kier molecular flexibility index (Phi) is 2.60. The van der Waals surface area contributed by atoms with Crippen LogP contribution in [0.2, 0.25) is 0 Å². The highest BCUT2D eigenvalue weighted by molar-refractivity contribution is 5.58. The highest BCUT2D eigenvalue weighted by Crippen LogP contribution is 2.17. The number of nitrogens with zero attached hydrogens (tertiary/aromatic N) is 2. The summed E-state index contributed by atoms with van der Waals surface area (Å²) in [4.78, 5) is 4.10. The largest absolute Gasteiger partial charge is 0.364 e. The average molecular weight is 188 g/mol. The number of ether oxygens (including phenoxy) is 1. The van der Waals surface area contributed by atoms with Gasteiger partial charge < -0.3 is 9.30 Å². The average Bonchev–Trinajstić information content (AvgIpc) is 2.68. The molecule has 72 valence electrons. The highest BCUT2D eigenvalue weighted by Gasteiger charge is 2.02. The summed E-state index contributed by atoms with van der Waals surface area (Å²) in [7, 11) is 1.68. The summed E-state index contributed by atoms with van der Waals surface area (Å²) >= 11 is 0. The summed E-state index contributed by atoms with van der Waals surface area (Å²) in [6.07, 6.45) is 3.61. The molecule has 0 aliphatic rings. The van der Waals surface area contributed by atoms with E-state index in [-0.39, 0.29) is 0 Å². The molecule has 0 atom stereocenters. The van der Waals surface area contributed by atoms with E-state index in [1.165, 1.54) is 0 Å². The molecule has 0 aliphatic carbocycles. The van der Waals surface area contributed by atoms with Crippen LogP contribution in [0.5, 0.6) is 0 Å². The quantitative estimate of drug-likeness (QED) is 0.738. The molecule has 3 nitrogen and oxygen atoms in total. The van der Waals surface area contributed by atoms with Crippen LogP contribution < -0.4 is 0 Å². The zero-order valence-electron chi connectivity index (χ0n) is 8.05. The Morgan fingerprint density at radius 3 is 2.79 bits per heavy atom. The van der Waals surface area contributed by atoms with Crippen LogP contribution in [0.15, 0.2) is 42.9 Å². The van der Waals surface area contributed by atoms with Crippen LogP contribution in [0.3, 0.4) is 0 Å². The monoisotopic (exact) mass is 188 g/mol. The zero-order valence-corrected chi connectivity index (χ0v) is 8.05. The molecule has 0 saturated carbocycles. The van der Waals surface area contributed by atoms with Crippen molar-refractivity contribution in [2.45, 2.75) is 6.73 Å². The Hall–Kier alpha value is -1.61. The van der Waals surface area contributed by atoms with Gasteiger partial charge >= 0.3 is 0 Å². The molecule has 0 unspecified atom stereocenters. The third-order valence-electron chi connectivity index (χ3n) is 2.05. The molecule has 1 heterocycles. The van der Waals surface area contributed by atoms with E-state index in [2.05, 4.69) is 17.1 Å². The predicted molar refractivity (Wildman–Crippen MR) is 54.7 cm³/mol. The molecule has 2 aromatic rings. The number of imidazole rings is 1. The highest BCUT2D eigenvalue weighted by atomic mass is 16.5. The van der Waals surface area contributed by atoms with Crippen LogP contribution in [0.1, 0.15) is 0 Å². The van der Waals surface area contributed by atoms with E-state index < -0.39 is 0 Å². The van der Waals surface area contributed by atoms with Gasteiger partial charge in [-0.25, -0.2) is 4.98 Å². The van der Waals surface area contributed by atoms with Crippen LogP contribution in [0.4, 0.5) is 0 Å².